The summed E-state index contributed by atoms with van der Waals surface area (Å²) in [4.78, 5) is 8.54. The van der Waals surface area contributed by atoms with Gasteiger partial charge in [0.05, 0.1) is 13.3 Å². The molecule has 138 valence electrons. The Kier molecular flexibility index (Phi) is 16.2. The van der Waals surface area contributed by atoms with Crippen molar-refractivity contribution in [2.75, 3.05) is 25.1 Å². The van der Waals surface area contributed by atoms with E-state index in [1.54, 1.807) is 13.3 Å². The van der Waals surface area contributed by atoms with Crippen molar-refractivity contribution in [1.82, 2.24) is 9.88 Å². The van der Waals surface area contributed by atoms with Crippen molar-refractivity contribution in [1.29, 1.82) is 0 Å². The molecule has 0 saturated carbocycles. The van der Waals surface area contributed by atoms with Gasteiger partial charge < -0.3 is 40.4 Å². The molecule has 0 atom stereocenters. The average molecular weight is 380 g/mol. The van der Waals surface area contributed by atoms with Crippen LogP contribution < -0.4 is 61.0 Å². The Morgan fingerprint density at radius 2 is 2.08 bits per heavy atom. The number of likely N-dealkylation sites (tertiary alicyclic amines) is 1. The minimum Gasteiger partial charge on any atom is -0.530 e. The summed E-state index contributed by atoms with van der Waals surface area (Å²) >= 11 is 0. The molecule has 4 nitrogen and oxygen atoms in total. The normalized spacial score (nSPS) is 13.4. The van der Waals surface area contributed by atoms with Crippen LogP contribution in [-0.4, -0.2) is 36.1 Å². The molecule has 0 spiro atoms. The number of anilines is 1. The molecule has 1 aromatic rings. The number of rotatable bonds is 5. The summed E-state index contributed by atoms with van der Waals surface area (Å²) in [6.45, 7) is 11.9. The Labute approximate surface area is 203 Å². The van der Waals surface area contributed by atoms with E-state index in [0.717, 1.165) is 43.1 Å². The molecule has 0 amide bonds. The standard InChI is InChI=1S/C18H21N3O.C2H6.CH3.K/c1-5-6-11-20-12-8-16(9-13-20)21(15(2)3)17-14-19-10-7-18(17)22-4;1-2;;/h6-7,10,14,16H,2,8-9,12-13H2,3-4H3;1-2H3;1H3;/q-2;;-1;+1. The summed E-state index contributed by atoms with van der Waals surface area (Å²) in [5.74, 6) is 3.04. The summed E-state index contributed by atoms with van der Waals surface area (Å²) in [6.07, 6.45) is 17.0. The molecule has 0 aromatic carbocycles. The fraction of sp³-hybridized carbons (Fsp3) is 0.429. The van der Waals surface area contributed by atoms with Crippen LogP contribution in [0, 0.1) is 26.0 Å². The molecule has 5 heteroatoms. The molecule has 2 rings (SSSR count). The Hall–Kier alpha value is -0.774. The van der Waals surface area contributed by atoms with Crippen molar-refractivity contribution < 1.29 is 56.1 Å². The van der Waals surface area contributed by atoms with E-state index in [2.05, 4.69) is 33.5 Å². The largest absolute Gasteiger partial charge is 1.00 e. The Bertz CT molecular complexity index is 587. The Morgan fingerprint density at radius 3 is 2.58 bits per heavy atom. The van der Waals surface area contributed by atoms with E-state index in [9.17, 15) is 0 Å². The Morgan fingerprint density at radius 1 is 1.46 bits per heavy atom. The first-order valence-electron chi connectivity index (χ1n) is 8.35. The van der Waals surface area contributed by atoms with Gasteiger partial charge in [-0.2, -0.15) is 0 Å². The number of piperidine rings is 1. The number of methoxy groups -OCH3 is 1. The minimum absolute atomic E-state index is 0. The number of pyridine rings is 1. The maximum atomic E-state index is 6.91. The molecule has 1 aliphatic rings. The third-order valence-electron chi connectivity index (χ3n) is 3.80. The zero-order valence-electron chi connectivity index (χ0n) is 17.2. The molecule has 26 heavy (non-hydrogen) atoms. The van der Waals surface area contributed by atoms with E-state index >= 15 is 0 Å². The van der Waals surface area contributed by atoms with Gasteiger partial charge in [0.15, 0.2) is 0 Å². The second-order valence-electron chi connectivity index (χ2n) is 5.29. The van der Waals surface area contributed by atoms with Crippen LogP contribution in [0.3, 0.4) is 0 Å². The number of hydrogen-bond donors (Lipinski definition) is 0. The van der Waals surface area contributed by atoms with Crippen LogP contribution in [0.1, 0.15) is 33.6 Å². The van der Waals surface area contributed by atoms with Gasteiger partial charge in [0.25, 0.3) is 0 Å². The number of aromatic nitrogens is 1. The van der Waals surface area contributed by atoms with Crippen molar-refractivity contribution in [2.24, 2.45) is 0 Å². The van der Waals surface area contributed by atoms with Crippen LogP contribution in [0.4, 0.5) is 5.69 Å². The third-order valence-corrected chi connectivity index (χ3v) is 3.80. The van der Waals surface area contributed by atoms with Gasteiger partial charge in [0.2, 0.25) is 0 Å². The molecule has 1 saturated heterocycles. The van der Waals surface area contributed by atoms with Gasteiger partial charge >= 0.3 is 51.4 Å². The smallest absolute Gasteiger partial charge is 0.530 e. The van der Waals surface area contributed by atoms with Gasteiger partial charge in [-0.3, -0.25) is 11.2 Å². The second kappa shape index (κ2) is 15.3. The summed E-state index contributed by atoms with van der Waals surface area (Å²) in [5, 5.41) is 0. The van der Waals surface area contributed by atoms with E-state index in [1.807, 2.05) is 33.0 Å². The predicted octanol–water partition coefficient (Wildman–Crippen LogP) is 1.28. The van der Waals surface area contributed by atoms with Gasteiger partial charge in [-0.05, 0) is 19.8 Å². The van der Waals surface area contributed by atoms with E-state index in [0.29, 0.717) is 6.04 Å². The maximum Gasteiger partial charge on any atom is 1.00 e. The van der Waals surface area contributed by atoms with Crippen molar-refractivity contribution in [3.8, 4) is 11.7 Å². The van der Waals surface area contributed by atoms with Crippen molar-refractivity contribution >= 4 is 5.69 Å². The molecular weight excluding hydrogens is 349 g/mol. The summed E-state index contributed by atoms with van der Waals surface area (Å²) < 4.78 is 5.46. The molecule has 0 N–H and O–H groups in total. The van der Waals surface area contributed by atoms with Crippen LogP contribution >= 0.6 is 0 Å². The number of hydrogen-bond acceptors (Lipinski definition) is 4. The van der Waals surface area contributed by atoms with Gasteiger partial charge in [-0.1, -0.05) is 20.4 Å². The quantitative estimate of drug-likeness (QED) is 0.438. The first-order valence-corrected chi connectivity index (χ1v) is 8.35. The van der Waals surface area contributed by atoms with E-state index < -0.39 is 0 Å². The first kappa shape index (κ1) is 27.4. The van der Waals surface area contributed by atoms with Gasteiger partial charge in [0.1, 0.15) is 11.4 Å². The zero-order chi connectivity index (χ0) is 17.9. The summed E-state index contributed by atoms with van der Waals surface area (Å²) in [6, 6.07) is 2.23. The van der Waals surface area contributed by atoms with Crippen LogP contribution in [-0.2, 0) is 0 Å². The fourth-order valence-electron chi connectivity index (χ4n) is 2.82. The number of nitrogens with zero attached hydrogens (tertiary/aromatic N) is 3. The first-order chi connectivity index (χ1) is 11.7. The van der Waals surface area contributed by atoms with Crippen molar-refractivity contribution in [2.45, 2.75) is 39.7 Å². The predicted molar refractivity (Wildman–Crippen MR) is 105 cm³/mol. The molecule has 0 radical (unpaired) electrons. The molecule has 0 aliphatic carbocycles. The van der Waals surface area contributed by atoms with E-state index in [1.165, 1.54) is 6.08 Å². The molecule has 1 aliphatic heterocycles. The topological polar surface area (TPSA) is 28.6 Å². The molecule has 0 bridgehead atoms. The van der Waals surface area contributed by atoms with Crippen LogP contribution in [0.2, 0.25) is 0 Å². The zero-order valence-corrected chi connectivity index (χ0v) is 20.3. The minimum atomic E-state index is 0. The monoisotopic (exact) mass is 379 g/mol. The fourth-order valence-corrected chi connectivity index (χ4v) is 2.82. The molecular formula is C21H30KN3O-2. The molecule has 0 unspecified atom stereocenters. The van der Waals surface area contributed by atoms with E-state index in [-0.39, 0.29) is 58.8 Å². The van der Waals surface area contributed by atoms with Crippen molar-refractivity contribution in [3.05, 3.63) is 56.9 Å². The summed E-state index contributed by atoms with van der Waals surface area (Å²) in [7, 11) is 1.67. The molecule has 2 heterocycles. The van der Waals surface area contributed by atoms with Crippen LogP contribution in [0.15, 0.2) is 36.8 Å². The van der Waals surface area contributed by atoms with Gasteiger partial charge in [-0.15, -0.1) is 0 Å². The SMILES string of the molecule is CC.[C-]#CC=[C-]N1CCC(N(C(=C)C)c2cnccc2OC)CC1.[CH3-].[K+]. The molecule has 1 aromatic heterocycles. The van der Waals surface area contributed by atoms with Gasteiger partial charge in [-0.25, -0.2) is 0 Å². The average Bonchev–Trinajstić information content (AvgIpc) is 2.63. The number of allylic oxidation sites excluding steroid dienone is 2. The second-order valence-corrected chi connectivity index (χ2v) is 5.29. The molecule has 1 fully saturated rings. The maximum absolute atomic E-state index is 6.91. The van der Waals surface area contributed by atoms with E-state index in [4.69, 9.17) is 11.2 Å². The van der Waals surface area contributed by atoms with Gasteiger partial charge in [0, 0.05) is 37.1 Å². The Balaban J connectivity index is 0. The van der Waals surface area contributed by atoms with Crippen LogP contribution in [0.25, 0.3) is 0 Å². The van der Waals surface area contributed by atoms with Crippen molar-refractivity contribution in [3.63, 3.8) is 0 Å². The third kappa shape index (κ3) is 7.85. The summed E-state index contributed by atoms with van der Waals surface area (Å²) in [5.41, 5.74) is 1.94. The number of ether oxygens (including phenoxy) is 1. The van der Waals surface area contributed by atoms with Crippen LogP contribution in [0.5, 0.6) is 5.75 Å².